The number of thiazole rings is 1. The maximum atomic E-state index is 9.21. The van der Waals surface area contributed by atoms with Gasteiger partial charge in [0, 0.05) is 27.8 Å². The fraction of sp³-hybridized carbons (Fsp3) is 0.176. The van der Waals surface area contributed by atoms with Crippen molar-refractivity contribution >= 4 is 32.9 Å². The Bertz CT molecular complexity index is 856. The number of hydrogen-bond acceptors (Lipinski definition) is 4. The highest BCUT2D eigenvalue weighted by molar-refractivity contribution is 7.13. The van der Waals surface area contributed by atoms with Crippen molar-refractivity contribution < 1.29 is 0 Å². The Hall–Kier alpha value is -2.38. The Balaban J connectivity index is 1.74. The third-order valence-electron chi connectivity index (χ3n) is 3.80. The molecule has 4 heteroatoms. The number of anilines is 2. The summed E-state index contributed by atoms with van der Waals surface area (Å²) in [6, 6.07) is 14.0. The molecule has 0 radical (unpaired) electrons. The molecule has 0 bridgehead atoms. The van der Waals surface area contributed by atoms with E-state index in [9.17, 15) is 5.26 Å². The molecule has 0 amide bonds. The van der Waals surface area contributed by atoms with Crippen molar-refractivity contribution in [2.24, 2.45) is 0 Å². The van der Waals surface area contributed by atoms with Crippen LogP contribution in [0.25, 0.3) is 10.8 Å². The quantitative estimate of drug-likeness (QED) is 0.754. The fourth-order valence-corrected chi connectivity index (χ4v) is 3.34. The van der Waals surface area contributed by atoms with Crippen molar-refractivity contribution in [1.82, 2.24) is 4.98 Å². The Morgan fingerprint density at radius 1 is 1.14 bits per heavy atom. The van der Waals surface area contributed by atoms with E-state index in [1.54, 1.807) is 11.3 Å². The number of fused-ring (bicyclic) bond motifs is 1. The van der Waals surface area contributed by atoms with E-state index in [1.807, 2.05) is 36.4 Å². The van der Waals surface area contributed by atoms with Gasteiger partial charge in [-0.25, -0.2) is 4.98 Å². The minimum atomic E-state index is 0.675. The average molecular weight is 291 g/mol. The summed E-state index contributed by atoms with van der Waals surface area (Å²) in [6.07, 6.45) is 2.53. The van der Waals surface area contributed by atoms with Crippen molar-refractivity contribution in [2.45, 2.75) is 18.8 Å². The van der Waals surface area contributed by atoms with Crippen molar-refractivity contribution in [3.05, 3.63) is 53.0 Å². The van der Waals surface area contributed by atoms with Crippen LogP contribution >= 0.6 is 11.3 Å². The average Bonchev–Trinajstić information content (AvgIpc) is 3.28. The predicted octanol–water partition coefficient (Wildman–Crippen LogP) is 4.79. The number of nitrogens with one attached hydrogen (secondary N) is 1. The molecular weight excluding hydrogens is 278 g/mol. The monoisotopic (exact) mass is 291 g/mol. The largest absolute Gasteiger partial charge is 0.331 e. The second-order valence-electron chi connectivity index (χ2n) is 5.29. The summed E-state index contributed by atoms with van der Waals surface area (Å²) in [7, 11) is 0. The molecule has 21 heavy (non-hydrogen) atoms. The molecule has 1 heterocycles. The van der Waals surface area contributed by atoms with E-state index in [1.165, 1.54) is 18.5 Å². The van der Waals surface area contributed by atoms with Gasteiger partial charge in [0.2, 0.25) is 0 Å². The highest BCUT2D eigenvalue weighted by atomic mass is 32.1. The number of hydrogen-bond donors (Lipinski definition) is 1. The highest BCUT2D eigenvalue weighted by Gasteiger charge is 2.26. The summed E-state index contributed by atoms with van der Waals surface area (Å²) in [5, 5.41) is 17.7. The molecule has 1 aliphatic rings. The molecule has 102 valence electrons. The van der Waals surface area contributed by atoms with Crippen molar-refractivity contribution in [1.29, 1.82) is 5.26 Å². The summed E-state index contributed by atoms with van der Waals surface area (Å²) < 4.78 is 0. The van der Waals surface area contributed by atoms with E-state index < -0.39 is 0 Å². The van der Waals surface area contributed by atoms with Gasteiger partial charge in [-0.2, -0.15) is 5.26 Å². The zero-order chi connectivity index (χ0) is 14.2. The molecule has 0 spiro atoms. The lowest BCUT2D eigenvalue weighted by atomic mass is 10.0. The summed E-state index contributed by atoms with van der Waals surface area (Å²) in [6.45, 7) is 0. The Morgan fingerprint density at radius 3 is 2.71 bits per heavy atom. The summed E-state index contributed by atoms with van der Waals surface area (Å²) in [4.78, 5) is 4.66. The van der Waals surface area contributed by atoms with Gasteiger partial charge in [0.15, 0.2) is 5.13 Å². The van der Waals surface area contributed by atoms with E-state index in [2.05, 4.69) is 21.8 Å². The van der Waals surface area contributed by atoms with Crippen molar-refractivity contribution in [3.63, 3.8) is 0 Å². The normalized spacial score (nSPS) is 14.0. The SMILES string of the molecule is N#Cc1ccc(Nc2nc(C3CC3)cs2)c2ccccc12. The highest BCUT2D eigenvalue weighted by Crippen LogP contribution is 2.41. The van der Waals surface area contributed by atoms with Gasteiger partial charge in [0.1, 0.15) is 0 Å². The Kier molecular flexibility index (Phi) is 2.87. The minimum Gasteiger partial charge on any atom is -0.331 e. The summed E-state index contributed by atoms with van der Waals surface area (Å²) in [5.74, 6) is 0.675. The van der Waals surface area contributed by atoms with Gasteiger partial charge in [0.05, 0.1) is 17.3 Å². The standard InChI is InChI=1S/C17H13N3S/c18-9-12-7-8-15(14-4-2-1-3-13(12)14)19-17-20-16(10-21-17)11-5-6-11/h1-4,7-8,10-11H,5-6H2,(H,19,20). The number of benzene rings is 2. The van der Waals surface area contributed by atoms with Gasteiger partial charge < -0.3 is 5.32 Å². The molecule has 1 aliphatic carbocycles. The fourth-order valence-electron chi connectivity index (χ4n) is 2.53. The van der Waals surface area contributed by atoms with E-state index in [0.29, 0.717) is 11.5 Å². The second kappa shape index (κ2) is 4.87. The van der Waals surface area contributed by atoms with Gasteiger partial charge in [-0.3, -0.25) is 0 Å². The molecule has 3 aromatic rings. The van der Waals surface area contributed by atoms with E-state index in [-0.39, 0.29) is 0 Å². The first-order valence-electron chi connectivity index (χ1n) is 6.99. The molecular formula is C17H13N3S. The van der Waals surface area contributed by atoms with E-state index in [4.69, 9.17) is 0 Å². The minimum absolute atomic E-state index is 0.675. The summed E-state index contributed by atoms with van der Waals surface area (Å²) >= 11 is 1.64. The van der Waals surface area contributed by atoms with E-state index in [0.717, 1.165) is 21.6 Å². The van der Waals surface area contributed by atoms with Crippen molar-refractivity contribution in [2.75, 3.05) is 5.32 Å². The first kappa shape index (κ1) is 12.4. The molecule has 4 rings (SSSR count). The van der Waals surface area contributed by atoms with Crippen LogP contribution in [0.3, 0.4) is 0 Å². The molecule has 1 N–H and O–H groups in total. The topological polar surface area (TPSA) is 48.7 Å². The molecule has 1 saturated carbocycles. The lowest BCUT2D eigenvalue weighted by Crippen LogP contribution is -1.92. The van der Waals surface area contributed by atoms with Crippen LogP contribution in [-0.4, -0.2) is 4.98 Å². The van der Waals surface area contributed by atoms with Crippen LogP contribution < -0.4 is 5.32 Å². The third kappa shape index (κ3) is 2.26. The second-order valence-corrected chi connectivity index (χ2v) is 6.15. The number of nitriles is 1. The lowest BCUT2D eigenvalue weighted by molar-refractivity contribution is 1.05. The molecule has 1 aromatic heterocycles. The zero-order valence-corrected chi connectivity index (χ0v) is 12.2. The van der Waals surface area contributed by atoms with Gasteiger partial charge in [0.25, 0.3) is 0 Å². The van der Waals surface area contributed by atoms with Gasteiger partial charge in [-0.05, 0) is 25.0 Å². The van der Waals surface area contributed by atoms with E-state index >= 15 is 0 Å². The number of aromatic nitrogens is 1. The maximum absolute atomic E-state index is 9.21. The van der Waals surface area contributed by atoms with Gasteiger partial charge in [-0.15, -0.1) is 11.3 Å². The maximum Gasteiger partial charge on any atom is 0.187 e. The lowest BCUT2D eigenvalue weighted by Gasteiger charge is -2.08. The Labute approximate surface area is 126 Å². The van der Waals surface area contributed by atoms with Crippen LogP contribution in [0.4, 0.5) is 10.8 Å². The predicted molar refractivity (Wildman–Crippen MR) is 86.0 cm³/mol. The van der Waals surface area contributed by atoms with Crippen LogP contribution in [-0.2, 0) is 0 Å². The van der Waals surface area contributed by atoms with Crippen LogP contribution in [0.2, 0.25) is 0 Å². The van der Waals surface area contributed by atoms with Crippen molar-refractivity contribution in [3.8, 4) is 6.07 Å². The molecule has 0 atom stereocenters. The zero-order valence-electron chi connectivity index (χ0n) is 11.3. The van der Waals surface area contributed by atoms with Crippen LogP contribution in [0, 0.1) is 11.3 Å². The van der Waals surface area contributed by atoms with Gasteiger partial charge in [-0.1, -0.05) is 24.3 Å². The van der Waals surface area contributed by atoms with Gasteiger partial charge >= 0.3 is 0 Å². The molecule has 1 fully saturated rings. The molecule has 3 nitrogen and oxygen atoms in total. The number of nitrogens with zero attached hydrogens (tertiary/aromatic N) is 2. The first-order valence-corrected chi connectivity index (χ1v) is 7.87. The molecule has 0 saturated heterocycles. The van der Waals surface area contributed by atoms with Crippen LogP contribution in [0.15, 0.2) is 41.8 Å². The smallest absolute Gasteiger partial charge is 0.187 e. The first-order chi connectivity index (χ1) is 10.3. The third-order valence-corrected chi connectivity index (χ3v) is 4.58. The number of rotatable bonds is 3. The molecule has 0 unspecified atom stereocenters. The molecule has 2 aromatic carbocycles. The van der Waals surface area contributed by atoms with Crippen LogP contribution in [0.1, 0.15) is 30.0 Å². The Morgan fingerprint density at radius 2 is 1.95 bits per heavy atom. The van der Waals surface area contributed by atoms with Crippen LogP contribution in [0.5, 0.6) is 0 Å². The molecule has 0 aliphatic heterocycles. The summed E-state index contributed by atoms with van der Waals surface area (Å²) in [5.41, 5.74) is 2.91.